The van der Waals surface area contributed by atoms with Crippen molar-refractivity contribution in [3.05, 3.63) is 90.0 Å². The second kappa shape index (κ2) is 12.7. The maximum Gasteiger partial charge on any atom is 0.253 e. The lowest BCUT2D eigenvalue weighted by Gasteiger charge is -2.39. The molecule has 0 aliphatic carbocycles. The molecular weight excluding hydrogens is 590 g/mol. The van der Waals surface area contributed by atoms with Gasteiger partial charge >= 0.3 is 0 Å². The summed E-state index contributed by atoms with van der Waals surface area (Å²) in [6.07, 6.45) is 4.15. The molecule has 0 aromatic heterocycles. The monoisotopic (exact) mass is 633 g/mol. The largest absolute Gasteiger partial charge is 0.394 e. The number of hydrogen-bond donors (Lipinski definition) is 1. The highest BCUT2D eigenvalue weighted by molar-refractivity contribution is 6.34. The zero-order valence-electron chi connectivity index (χ0n) is 26.6. The Morgan fingerprint density at radius 3 is 2.42 bits per heavy atom. The third-order valence-corrected chi connectivity index (χ3v) is 10.5. The van der Waals surface area contributed by atoms with E-state index in [4.69, 9.17) is 16.3 Å². The maximum atomic E-state index is 15.0. The Labute approximate surface area is 271 Å². The Bertz CT molecular complexity index is 1460. The Kier molecular flexibility index (Phi) is 9.32. The zero-order chi connectivity index (χ0) is 32.7. The van der Waals surface area contributed by atoms with Crippen LogP contribution in [0.3, 0.4) is 0 Å². The van der Waals surface area contributed by atoms with E-state index in [0.29, 0.717) is 36.6 Å². The number of aliphatic hydroxyl groups excluding tert-OH is 1. The van der Waals surface area contributed by atoms with Crippen molar-refractivity contribution in [2.45, 2.75) is 70.4 Å². The molecule has 2 aromatic carbocycles. The molecule has 3 saturated heterocycles. The average Bonchev–Trinajstić information content (AvgIpc) is 3.53. The molecule has 3 aliphatic heterocycles. The van der Waals surface area contributed by atoms with Crippen LogP contribution in [0.2, 0.25) is 5.02 Å². The van der Waals surface area contributed by atoms with Crippen LogP contribution >= 0.6 is 11.6 Å². The number of carbonyl (C=O) groups is 3. The van der Waals surface area contributed by atoms with Crippen molar-refractivity contribution in [1.29, 1.82) is 0 Å². The molecular formula is C36H44ClN3O5. The van der Waals surface area contributed by atoms with Gasteiger partial charge in [-0.05, 0) is 49.8 Å². The van der Waals surface area contributed by atoms with Crippen LogP contribution in [0, 0.1) is 24.7 Å². The van der Waals surface area contributed by atoms with Gasteiger partial charge in [0.25, 0.3) is 5.91 Å². The van der Waals surface area contributed by atoms with E-state index < -0.39 is 35.1 Å². The van der Waals surface area contributed by atoms with Gasteiger partial charge in [-0.2, -0.15) is 0 Å². The van der Waals surface area contributed by atoms with Gasteiger partial charge in [-0.1, -0.05) is 80.1 Å². The summed E-state index contributed by atoms with van der Waals surface area (Å²) in [5, 5.41) is 10.9. The van der Waals surface area contributed by atoms with Crippen molar-refractivity contribution in [1.82, 2.24) is 9.80 Å². The van der Waals surface area contributed by atoms with Gasteiger partial charge in [0.05, 0.1) is 40.8 Å². The molecule has 7 atom stereocenters. The molecule has 2 bridgehead atoms. The molecule has 0 radical (unpaired) electrons. The van der Waals surface area contributed by atoms with Crippen molar-refractivity contribution in [3.63, 3.8) is 0 Å². The number of nitrogens with zero attached hydrogens (tertiary/aromatic N) is 3. The van der Waals surface area contributed by atoms with Gasteiger partial charge in [-0.3, -0.25) is 14.4 Å². The summed E-state index contributed by atoms with van der Waals surface area (Å²) in [5.41, 5.74) is 0.0315. The summed E-state index contributed by atoms with van der Waals surface area (Å²) in [6.45, 7) is 15.9. The van der Waals surface area contributed by atoms with Crippen molar-refractivity contribution >= 4 is 35.0 Å². The molecule has 1 N–H and O–H groups in total. The van der Waals surface area contributed by atoms with Crippen molar-refractivity contribution in [2.24, 2.45) is 17.8 Å². The first-order chi connectivity index (χ1) is 21.5. The Morgan fingerprint density at radius 2 is 1.82 bits per heavy atom. The van der Waals surface area contributed by atoms with Crippen molar-refractivity contribution in [2.75, 3.05) is 24.6 Å². The topological polar surface area (TPSA) is 90.4 Å². The maximum absolute atomic E-state index is 15.0. The van der Waals surface area contributed by atoms with Gasteiger partial charge in [0.1, 0.15) is 11.6 Å². The fraction of sp³-hybridized carbons (Fsp3) is 0.472. The summed E-state index contributed by atoms with van der Waals surface area (Å²) in [6, 6.07) is 13.4. The Morgan fingerprint density at radius 1 is 1.13 bits per heavy atom. The fourth-order valence-electron chi connectivity index (χ4n) is 8.06. The lowest BCUT2D eigenvalue weighted by Crippen LogP contribution is -2.59. The minimum absolute atomic E-state index is 0.128. The molecule has 1 spiro atoms. The summed E-state index contributed by atoms with van der Waals surface area (Å²) >= 11 is 6.68. The van der Waals surface area contributed by atoms with Crippen LogP contribution in [0.1, 0.15) is 44.7 Å². The van der Waals surface area contributed by atoms with Crippen molar-refractivity contribution in [3.8, 4) is 0 Å². The molecule has 5 rings (SSSR count). The number of hydrogen-bond acceptors (Lipinski definition) is 5. The van der Waals surface area contributed by atoms with Gasteiger partial charge in [0, 0.05) is 19.6 Å². The Hall–Kier alpha value is -3.46. The van der Waals surface area contributed by atoms with Crippen LogP contribution in [0.15, 0.2) is 73.8 Å². The number of likely N-dealkylation sites (tertiary alicyclic amines) is 1. The van der Waals surface area contributed by atoms with E-state index in [-0.39, 0.29) is 36.8 Å². The summed E-state index contributed by atoms with van der Waals surface area (Å²) in [4.78, 5) is 49.2. The molecule has 3 aliphatic rings. The predicted molar refractivity (Wildman–Crippen MR) is 176 cm³/mol. The van der Waals surface area contributed by atoms with E-state index in [1.807, 2.05) is 70.2 Å². The number of anilines is 1. The summed E-state index contributed by atoms with van der Waals surface area (Å²) < 4.78 is 6.97. The molecule has 3 fully saturated rings. The number of aliphatic hydroxyl groups is 1. The summed E-state index contributed by atoms with van der Waals surface area (Å²) in [7, 11) is 0. The van der Waals surface area contributed by atoms with Crippen LogP contribution in [0.4, 0.5) is 5.69 Å². The molecule has 3 amide bonds. The van der Waals surface area contributed by atoms with Gasteiger partial charge in [-0.15, -0.1) is 13.2 Å². The SMILES string of the molecule is C=CCN(Cc1ccccc1)C(=O)[C@@H]1[C@H]2C(=O)N([C@@H](CC)CO)C(C(=O)N(CC=C)c3c(C)cccc3Cl)C23CC(C)[C@@]1(C)O3. The minimum atomic E-state index is -1.27. The van der Waals surface area contributed by atoms with Crippen LogP contribution in [0.25, 0.3) is 0 Å². The average molecular weight is 634 g/mol. The molecule has 2 aromatic rings. The second-order valence-corrected chi connectivity index (χ2v) is 13.2. The standard InChI is InChI=1S/C36H44ClN3O5/c1-7-18-38(21-25-15-11-10-12-16-25)32(42)28-29-33(43)40(26(9-3)22-41)31(36(29)20-24(5)35(28,6)45-36)34(44)39(19-8-2)30-23(4)14-13-17-27(30)37/h7-8,10-17,24,26,28-29,31,41H,1-2,9,18-22H2,3-6H3/t24?,26-,28-,29-,31?,35+,36?/m0/s1. The number of aryl methyl sites for hydroxylation is 1. The van der Waals surface area contributed by atoms with Gasteiger partial charge in [0.2, 0.25) is 11.8 Å². The number of ether oxygens (including phenoxy) is 1. The first-order valence-corrected chi connectivity index (χ1v) is 16.1. The number of carbonyl (C=O) groups excluding carboxylic acids is 3. The van der Waals surface area contributed by atoms with E-state index in [9.17, 15) is 19.5 Å². The van der Waals surface area contributed by atoms with Crippen molar-refractivity contribution < 1.29 is 24.2 Å². The van der Waals surface area contributed by atoms with E-state index >= 15 is 0 Å². The van der Waals surface area contributed by atoms with Gasteiger partial charge in [0.15, 0.2) is 0 Å². The third-order valence-electron chi connectivity index (χ3n) is 10.2. The van der Waals surface area contributed by atoms with Gasteiger partial charge < -0.3 is 24.5 Å². The van der Waals surface area contributed by atoms with E-state index in [0.717, 1.165) is 11.1 Å². The second-order valence-electron chi connectivity index (χ2n) is 12.8. The first-order valence-electron chi connectivity index (χ1n) is 15.7. The smallest absolute Gasteiger partial charge is 0.253 e. The number of halogens is 1. The lowest BCUT2D eigenvalue weighted by molar-refractivity contribution is -0.154. The molecule has 3 unspecified atom stereocenters. The van der Waals surface area contributed by atoms with E-state index in [2.05, 4.69) is 13.2 Å². The van der Waals surface area contributed by atoms with Gasteiger partial charge in [-0.25, -0.2) is 0 Å². The molecule has 9 heteroatoms. The highest BCUT2D eigenvalue weighted by Crippen LogP contribution is 2.66. The highest BCUT2D eigenvalue weighted by Gasteiger charge is 2.80. The third kappa shape index (κ3) is 5.21. The molecule has 45 heavy (non-hydrogen) atoms. The highest BCUT2D eigenvalue weighted by atomic mass is 35.5. The molecule has 8 nitrogen and oxygen atoms in total. The fourth-order valence-corrected chi connectivity index (χ4v) is 8.38. The predicted octanol–water partition coefficient (Wildman–Crippen LogP) is 5.16. The summed E-state index contributed by atoms with van der Waals surface area (Å²) in [5.74, 6) is -2.77. The number of fused-ring (bicyclic) bond motifs is 1. The quantitative estimate of drug-likeness (QED) is 0.326. The van der Waals surface area contributed by atoms with E-state index in [1.54, 1.807) is 28.0 Å². The molecule has 3 heterocycles. The number of benzene rings is 2. The molecule has 0 saturated carbocycles. The molecule has 240 valence electrons. The number of amides is 3. The zero-order valence-corrected chi connectivity index (χ0v) is 27.4. The minimum Gasteiger partial charge on any atom is -0.394 e. The number of para-hydroxylation sites is 1. The lowest BCUT2D eigenvalue weighted by atomic mass is 9.62. The Balaban J connectivity index is 1.64. The van der Waals surface area contributed by atoms with Crippen LogP contribution in [-0.2, 0) is 25.7 Å². The van der Waals surface area contributed by atoms with E-state index in [1.165, 1.54) is 4.90 Å². The van der Waals surface area contributed by atoms with Crippen LogP contribution in [0.5, 0.6) is 0 Å². The first kappa shape index (κ1) is 32.9. The van der Waals surface area contributed by atoms with Crippen LogP contribution < -0.4 is 4.90 Å². The normalized spacial score (nSPS) is 28.9. The van der Waals surface area contributed by atoms with Crippen LogP contribution in [-0.4, -0.2) is 75.6 Å². The number of rotatable bonds is 12.